The number of aryl methyl sites for hydroxylation is 1. The van der Waals surface area contributed by atoms with Crippen molar-refractivity contribution in [2.24, 2.45) is 0 Å². The number of imidazole rings is 1. The van der Waals surface area contributed by atoms with Gasteiger partial charge in [0, 0.05) is 56.4 Å². The largest absolute Gasteiger partial charge is 0.490 e. The summed E-state index contributed by atoms with van der Waals surface area (Å²) in [7, 11) is 0. The van der Waals surface area contributed by atoms with Gasteiger partial charge in [0.25, 0.3) is 0 Å². The molecule has 2 aromatic carbocycles. The number of allylic oxidation sites excluding steroid dienone is 3. The molecule has 0 saturated carbocycles. The van der Waals surface area contributed by atoms with Gasteiger partial charge in [0.2, 0.25) is 0 Å². The Hall–Kier alpha value is -4.57. The number of ether oxygens (including phenoxy) is 3. The highest BCUT2D eigenvalue weighted by molar-refractivity contribution is 5.51. The maximum Gasteiger partial charge on any atom is 0.414 e. The van der Waals surface area contributed by atoms with Crippen molar-refractivity contribution in [1.29, 1.82) is 0 Å². The minimum Gasteiger partial charge on any atom is -0.490 e. The Labute approximate surface area is 271 Å². The maximum atomic E-state index is 11.0. The summed E-state index contributed by atoms with van der Waals surface area (Å²) in [6, 6.07) is 16.7. The molecule has 1 saturated heterocycles. The second-order valence-corrected chi connectivity index (χ2v) is 12.1. The van der Waals surface area contributed by atoms with Crippen LogP contribution in [0.5, 0.6) is 17.5 Å². The average Bonchev–Trinajstić information content (AvgIpc) is 3.49. The van der Waals surface area contributed by atoms with Crippen LogP contribution in [0.15, 0.2) is 84.1 Å². The normalized spacial score (nSPS) is 17.0. The molecule has 46 heavy (non-hydrogen) atoms. The van der Waals surface area contributed by atoms with E-state index in [0.29, 0.717) is 26.2 Å². The first kappa shape index (κ1) is 32.8. The molecule has 0 bridgehead atoms. The molecule has 0 radical (unpaired) electrons. The van der Waals surface area contributed by atoms with Crippen LogP contribution in [0.4, 0.5) is 11.5 Å². The molecule has 10 heteroatoms. The highest BCUT2D eigenvalue weighted by atomic mass is 16.6. The van der Waals surface area contributed by atoms with Crippen molar-refractivity contribution in [3.63, 3.8) is 0 Å². The summed E-state index contributed by atoms with van der Waals surface area (Å²) in [5.74, 6) is 1.47. The monoisotopic (exact) mass is 627 g/mol. The number of nitro groups is 1. The molecule has 3 heterocycles. The van der Waals surface area contributed by atoms with Gasteiger partial charge < -0.3 is 29.2 Å². The lowest BCUT2D eigenvalue weighted by Crippen LogP contribution is -2.46. The molecule has 10 nitrogen and oxygen atoms in total. The van der Waals surface area contributed by atoms with Crippen molar-refractivity contribution < 1.29 is 19.1 Å². The molecule has 5 rings (SSSR count). The van der Waals surface area contributed by atoms with Crippen molar-refractivity contribution in [1.82, 2.24) is 14.5 Å². The van der Waals surface area contributed by atoms with E-state index in [-0.39, 0.29) is 17.9 Å². The van der Waals surface area contributed by atoms with Gasteiger partial charge in [-0.2, -0.15) is 0 Å². The number of nitrogens with zero attached hydrogens (tertiary/aromatic N) is 5. The molecule has 0 N–H and O–H groups in total. The molecule has 3 aromatic rings. The predicted molar refractivity (Wildman–Crippen MR) is 182 cm³/mol. The predicted octanol–water partition coefficient (Wildman–Crippen LogP) is 6.93. The lowest BCUT2D eigenvalue weighted by Gasteiger charge is -2.35. The van der Waals surface area contributed by atoms with Gasteiger partial charge in [0.15, 0.2) is 0 Å². The minimum atomic E-state index is -0.508. The molecular weight excluding hydrogens is 582 g/mol. The molecular formula is C36H45N5O5. The van der Waals surface area contributed by atoms with E-state index in [1.165, 1.54) is 28.6 Å². The molecule has 1 unspecified atom stereocenters. The van der Waals surface area contributed by atoms with Gasteiger partial charge in [0.1, 0.15) is 37.0 Å². The fraction of sp³-hybridized carbons (Fsp3) is 0.417. The Morgan fingerprint density at radius 2 is 1.70 bits per heavy atom. The topological polar surface area (TPSA) is 95.1 Å². The maximum absolute atomic E-state index is 11.0. The van der Waals surface area contributed by atoms with Gasteiger partial charge in [-0.1, -0.05) is 41.5 Å². The van der Waals surface area contributed by atoms with E-state index in [4.69, 9.17) is 14.2 Å². The van der Waals surface area contributed by atoms with E-state index in [9.17, 15) is 10.1 Å². The fourth-order valence-corrected chi connectivity index (χ4v) is 5.45. The second kappa shape index (κ2) is 16.1. The lowest BCUT2D eigenvalue weighted by atomic mass is 10.1. The molecule has 1 fully saturated rings. The molecule has 2 aliphatic rings. The second-order valence-electron chi connectivity index (χ2n) is 12.1. The highest BCUT2D eigenvalue weighted by Crippen LogP contribution is 2.26. The number of aromatic nitrogens is 2. The standard InChI is InChI=1S/C36H45N5O5/c1-28(2)6-4-7-29(3)18-25-44-32-13-9-30(10-14-32)8-5-19-38-21-23-39(24-22-38)31-11-15-33(16-12-31)45-27-34-17-20-40-26-35(41(42)43)37-36(40)46-34/h5-6,8-16,18,26,34H,4,7,17,19-25,27H2,1-3H3. The molecule has 0 amide bonds. The number of benzene rings is 2. The zero-order valence-electron chi connectivity index (χ0n) is 27.1. The van der Waals surface area contributed by atoms with Gasteiger partial charge in [-0.3, -0.25) is 9.47 Å². The van der Waals surface area contributed by atoms with Crippen LogP contribution in [0.1, 0.15) is 45.6 Å². The van der Waals surface area contributed by atoms with E-state index < -0.39 is 4.92 Å². The van der Waals surface area contributed by atoms with Gasteiger partial charge in [-0.25, -0.2) is 0 Å². The first-order chi connectivity index (χ1) is 22.3. The summed E-state index contributed by atoms with van der Waals surface area (Å²) in [5.41, 5.74) is 5.08. The van der Waals surface area contributed by atoms with Gasteiger partial charge in [-0.05, 0) is 86.6 Å². The summed E-state index contributed by atoms with van der Waals surface area (Å²) < 4.78 is 19.3. The van der Waals surface area contributed by atoms with Crippen LogP contribution < -0.4 is 19.1 Å². The third kappa shape index (κ3) is 9.71. The minimum absolute atomic E-state index is 0.197. The number of rotatable bonds is 14. The number of fused-ring (bicyclic) bond motifs is 1. The Bertz CT molecular complexity index is 1520. The van der Waals surface area contributed by atoms with E-state index in [1.54, 1.807) is 4.57 Å². The smallest absolute Gasteiger partial charge is 0.414 e. The number of hydrogen-bond donors (Lipinski definition) is 0. The van der Waals surface area contributed by atoms with E-state index in [0.717, 1.165) is 57.1 Å². The van der Waals surface area contributed by atoms with E-state index in [1.807, 2.05) is 24.3 Å². The van der Waals surface area contributed by atoms with Gasteiger partial charge in [0.05, 0.1) is 0 Å². The summed E-state index contributed by atoms with van der Waals surface area (Å²) in [4.78, 5) is 19.3. The van der Waals surface area contributed by atoms with Crippen LogP contribution in [-0.4, -0.2) is 71.4 Å². The van der Waals surface area contributed by atoms with Crippen LogP contribution >= 0.6 is 0 Å². The fourth-order valence-electron chi connectivity index (χ4n) is 5.45. The van der Waals surface area contributed by atoms with Crippen LogP contribution in [0.2, 0.25) is 0 Å². The first-order valence-corrected chi connectivity index (χ1v) is 16.1. The summed E-state index contributed by atoms with van der Waals surface area (Å²) in [6.45, 7) is 12.9. The third-order valence-electron chi connectivity index (χ3n) is 8.22. The SMILES string of the molecule is CC(C)=CCCC(C)=CCOc1ccc(C=CCN2CCN(c3ccc(OCC4CCn5cc([N+](=O)[O-])nc5O4)cc3)CC2)cc1. The molecule has 1 atom stereocenters. The highest BCUT2D eigenvalue weighted by Gasteiger charge is 2.28. The summed E-state index contributed by atoms with van der Waals surface area (Å²) in [5, 5.41) is 11.0. The molecule has 244 valence electrons. The molecule has 0 spiro atoms. The van der Waals surface area contributed by atoms with E-state index >= 15 is 0 Å². The van der Waals surface area contributed by atoms with Crippen LogP contribution in [0, 0.1) is 10.1 Å². The number of anilines is 1. The number of hydrogen-bond acceptors (Lipinski definition) is 8. The van der Waals surface area contributed by atoms with Crippen LogP contribution in [0.25, 0.3) is 6.08 Å². The van der Waals surface area contributed by atoms with Crippen molar-refractivity contribution >= 4 is 17.6 Å². The third-order valence-corrected chi connectivity index (χ3v) is 8.22. The lowest BCUT2D eigenvalue weighted by molar-refractivity contribution is -0.389. The summed E-state index contributed by atoms with van der Waals surface area (Å²) in [6.07, 6.45) is 12.9. The Morgan fingerprint density at radius 1 is 0.978 bits per heavy atom. The zero-order valence-corrected chi connectivity index (χ0v) is 27.1. The van der Waals surface area contributed by atoms with E-state index in [2.05, 4.69) is 84.1 Å². The zero-order chi connectivity index (χ0) is 32.3. The van der Waals surface area contributed by atoms with Crippen molar-refractivity contribution in [2.45, 2.75) is 52.7 Å². The average molecular weight is 628 g/mol. The van der Waals surface area contributed by atoms with Gasteiger partial charge in [-0.15, -0.1) is 0 Å². The Morgan fingerprint density at radius 3 is 2.41 bits per heavy atom. The quantitative estimate of drug-likeness (QED) is 0.108. The van der Waals surface area contributed by atoms with Crippen molar-refractivity contribution in [2.75, 3.05) is 50.8 Å². The Kier molecular flexibility index (Phi) is 11.5. The van der Waals surface area contributed by atoms with Gasteiger partial charge >= 0.3 is 11.8 Å². The van der Waals surface area contributed by atoms with Crippen molar-refractivity contribution in [3.8, 4) is 17.5 Å². The van der Waals surface area contributed by atoms with Crippen molar-refractivity contribution in [3.05, 3.63) is 99.8 Å². The Balaban J connectivity index is 0.982. The molecule has 0 aliphatic carbocycles. The van der Waals surface area contributed by atoms with Crippen LogP contribution in [-0.2, 0) is 6.54 Å². The molecule has 2 aliphatic heterocycles. The van der Waals surface area contributed by atoms with Crippen LogP contribution in [0.3, 0.4) is 0 Å². The summed E-state index contributed by atoms with van der Waals surface area (Å²) >= 11 is 0. The first-order valence-electron chi connectivity index (χ1n) is 16.1. The number of piperazine rings is 1. The molecule has 1 aromatic heterocycles.